The molecule has 18 heteroatoms. The van der Waals surface area contributed by atoms with Crippen molar-refractivity contribution in [1.82, 2.24) is 0 Å². The van der Waals surface area contributed by atoms with Crippen LogP contribution in [0, 0.1) is 11.8 Å². The summed E-state index contributed by atoms with van der Waals surface area (Å²) in [6.45, 7) is 0.0278. The van der Waals surface area contributed by atoms with Crippen LogP contribution in [0.2, 0.25) is 0 Å². The van der Waals surface area contributed by atoms with E-state index in [0.717, 1.165) is 6.92 Å². The minimum atomic E-state index is -1.73. The van der Waals surface area contributed by atoms with Crippen LogP contribution in [0.4, 0.5) is 0 Å². The molecule has 5 aliphatic rings. The van der Waals surface area contributed by atoms with Gasteiger partial charge >= 0.3 is 5.97 Å². The lowest BCUT2D eigenvalue weighted by molar-refractivity contribution is -0.368. The first-order valence-corrected chi connectivity index (χ1v) is 16.1. The third-order valence-corrected chi connectivity index (χ3v) is 10.2. The highest BCUT2D eigenvalue weighted by molar-refractivity contribution is 5.65. The Hall–Kier alpha value is -1.17. The van der Waals surface area contributed by atoms with Gasteiger partial charge in [0.15, 0.2) is 24.8 Å². The second kappa shape index (κ2) is 15.4. The summed E-state index contributed by atoms with van der Waals surface area (Å²) in [6, 6.07) is 0. The van der Waals surface area contributed by atoms with Crippen LogP contribution in [-0.2, 0) is 28.5 Å². The van der Waals surface area contributed by atoms with Gasteiger partial charge in [0.05, 0.1) is 36.9 Å². The Bertz CT molecular complexity index is 1020. The number of hydrogen-bond donors (Lipinski definition) is 11. The number of rotatable bonds is 8. The van der Waals surface area contributed by atoms with E-state index in [-0.39, 0.29) is 32.1 Å². The lowest BCUT2D eigenvalue weighted by Gasteiger charge is -2.50. The van der Waals surface area contributed by atoms with Crippen LogP contribution >= 0.6 is 0 Å². The predicted octanol–water partition coefficient (Wildman–Crippen LogP) is -6.14. The van der Waals surface area contributed by atoms with Gasteiger partial charge in [0.25, 0.3) is 0 Å². The van der Waals surface area contributed by atoms with E-state index in [4.69, 9.17) is 28.4 Å². The molecule has 0 aromatic rings. The molecule has 8 unspecified atom stereocenters. The number of carbonyl (C=O) groups excluding carboxylic acids is 1. The lowest BCUT2D eigenvalue weighted by Crippen LogP contribution is -2.64. The molecular formula is C29H49O18+. The molecule has 2 aliphatic carbocycles. The van der Waals surface area contributed by atoms with Crippen molar-refractivity contribution in [2.75, 3.05) is 13.2 Å². The Labute approximate surface area is 270 Å². The molecule has 5 rings (SSSR count). The van der Waals surface area contributed by atoms with Gasteiger partial charge in [-0.25, -0.2) is 0 Å². The van der Waals surface area contributed by atoms with E-state index >= 15 is 0 Å². The summed E-state index contributed by atoms with van der Waals surface area (Å²) in [4.78, 5) is 11.3. The van der Waals surface area contributed by atoms with Crippen molar-refractivity contribution in [3.05, 3.63) is 0 Å². The first kappa shape index (κ1) is 37.1. The smallest absolute Gasteiger partial charge is 0.302 e. The molecule has 3 aliphatic heterocycles. The second-order valence-corrected chi connectivity index (χ2v) is 13.5. The average Bonchev–Trinajstić information content (AvgIpc) is 3.03. The second-order valence-electron chi connectivity index (χ2n) is 13.5. The number of carbonyl (C=O) groups is 1. The molecule has 2 saturated carbocycles. The molecule has 0 spiro atoms. The first-order valence-electron chi connectivity index (χ1n) is 16.1. The van der Waals surface area contributed by atoms with E-state index in [1.807, 2.05) is 0 Å². The van der Waals surface area contributed by atoms with Crippen molar-refractivity contribution in [2.24, 2.45) is 11.8 Å². The van der Waals surface area contributed by atoms with Gasteiger partial charge in [-0.1, -0.05) is 0 Å². The molecule has 12 N–H and O–H groups in total. The van der Waals surface area contributed by atoms with Gasteiger partial charge in [0.1, 0.15) is 67.6 Å². The van der Waals surface area contributed by atoms with E-state index < -0.39 is 141 Å². The van der Waals surface area contributed by atoms with Gasteiger partial charge in [-0.3, -0.25) is 4.79 Å². The van der Waals surface area contributed by atoms with Crippen LogP contribution in [0.5, 0.6) is 0 Å². The summed E-state index contributed by atoms with van der Waals surface area (Å²) in [5, 5.41) is 115. The Morgan fingerprint density at radius 3 is 1.81 bits per heavy atom. The molecule has 5 fully saturated rings. The lowest BCUT2D eigenvalue weighted by atomic mass is 9.72. The minimum absolute atomic E-state index is 0.0346. The predicted molar refractivity (Wildman–Crippen MR) is 151 cm³/mol. The van der Waals surface area contributed by atoms with Crippen LogP contribution < -0.4 is 0 Å². The molecule has 0 bridgehead atoms. The van der Waals surface area contributed by atoms with E-state index in [2.05, 4.69) is 0 Å². The number of ether oxygens (including phenoxy) is 6. The Kier molecular flexibility index (Phi) is 12.1. The fourth-order valence-electron chi connectivity index (χ4n) is 7.58. The summed E-state index contributed by atoms with van der Waals surface area (Å²) in [5.41, 5.74) is 0. The molecule has 0 radical (unpaired) electrons. The number of aliphatic hydroxyl groups excluding tert-OH is 11. The Morgan fingerprint density at radius 2 is 1.23 bits per heavy atom. The highest BCUT2D eigenvalue weighted by Gasteiger charge is 2.57. The zero-order chi connectivity index (χ0) is 34.3. The summed E-state index contributed by atoms with van der Waals surface area (Å²) in [6.07, 6.45) is -23.3. The highest BCUT2D eigenvalue weighted by atomic mass is 16.7. The Balaban J connectivity index is 1.38. The van der Waals surface area contributed by atoms with Gasteiger partial charge in [-0.15, -0.1) is 0 Å². The van der Waals surface area contributed by atoms with Crippen molar-refractivity contribution in [3.8, 4) is 0 Å². The zero-order valence-electron chi connectivity index (χ0n) is 25.8. The molecule has 0 aromatic heterocycles. The SMILES string of the molecule is CC(=O)OC[C@H]1O[C@@H](OC2CC(O)CC3[OH+]C(C4CC(O)C(O)C(O)C4)C(O[C@@H]4O[C@H](CO)[C@@H](O)[C@H](O)[C@H]4O)CC23)[C@H](O)[C@@H](O)[C@@H]1O. The molecule has 3 saturated heterocycles. The average molecular weight is 686 g/mol. The van der Waals surface area contributed by atoms with Crippen molar-refractivity contribution in [1.29, 1.82) is 0 Å². The van der Waals surface area contributed by atoms with Crippen LogP contribution in [-0.4, -0.2) is 190 Å². The molecule has 18 atom stereocenters. The van der Waals surface area contributed by atoms with Gasteiger partial charge in [-0.2, -0.15) is 0 Å². The fraction of sp³-hybridized carbons (Fsp3) is 0.966. The van der Waals surface area contributed by atoms with Crippen LogP contribution in [0.3, 0.4) is 0 Å². The topological polar surface area (TPSA) is 299 Å². The maximum atomic E-state index is 11.3. The largest absolute Gasteiger partial charge is 0.463 e. The number of esters is 1. The van der Waals surface area contributed by atoms with Crippen LogP contribution in [0.25, 0.3) is 0 Å². The standard InChI is InChI=1S/C29H48O18/c1-9(31)42-8-19-22(37)24(39)26(41)28(47-19)44-16-5-11(32)4-15-12(16)6-17(27(43-15)10-2-13(33)20(35)14(34)3-10)45-29-25(40)23(38)21(36)18(7-30)46-29/h10-30,32-41H,2-8H2,1H3/p+1/t10?,11?,12?,13?,14?,15?,16?,17?,18-,19-,20?,21-,22-,23+,24+,25-,26-,27?,28-,29-/m1/s1. The van der Waals surface area contributed by atoms with Crippen molar-refractivity contribution < 1.29 is 89.4 Å². The third kappa shape index (κ3) is 7.93. The van der Waals surface area contributed by atoms with Crippen molar-refractivity contribution in [2.45, 2.75) is 149 Å². The molecule has 47 heavy (non-hydrogen) atoms. The molecule has 0 amide bonds. The molecule has 3 heterocycles. The van der Waals surface area contributed by atoms with E-state index in [1.165, 1.54) is 0 Å². The molecule has 0 aromatic carbocycles. The first-order chi connectivity index (χ1) is 22.2. The van der Waals surface area contributed by atoms with Crippen LogP contribution in [0.1, 0.15) is 39.0 Å². The fourth-order valence-corrected chi connectivity index (χ4v) is 7.58. The summed E-state index contributed by atoms with van der Waals surface area (Å²) in [7, 11) is 0. The minimum Gasteiger partial charge on any atom is -0.463 e. The maximum Gasteiger partial charge on any atom is 0.302 e. The quantitative estimate of drug-likeness (QED) is 0.0837. The third-order valence-electron chi connectivity index (χ3n) is 10.2. The Morgan fingerprint density at radius 1 is 0.681 bits per heavy atom. The van der Waals surface area contributed by atoms with Gasteiger partial charge in [0, 0.05) is 25.7 Å². The van der Waals surface area contributed by atoms with E-state index in [0.29, 0.717) is 0 Å². The molecule has 272 valence electrons. The monoisotopic (exact) mass is 685 g/mol. The number of hydrogen-bond acceptors (Lipinski definition) is 17. The van der Waals surface area contributed by atoms with Crippen molar-refractivity contribution >= 4 is 5.97 Å². The molecular weight excluding hydrogens is 636 g/mol. The normalized spacial score (nSPS) is 52.4. The highest BCUT2D eigenvalue weighted by Crippen LogP contribution is 2.44. The maximum absolute atomic E-state index is 11.3. The summed E-state index contributed by atoms with van der Waals surface area (Å²) >= 11 is 0. The summed E-state index contributed by atoms with van der Waals surface area (Å²) in [5.74, 6) is -1.74. The van der Waals surface area contributed by atoms with Crippen molar-refractivity contribution in [3.63, 3.8) is 0 Å². The van der Waals surface area contributed by atoms with Gasteiger partial charge in [-0.05, 0) is 19.3 Å². The van der Waals surface area contributed by atoms with Gasteiger partial charge < -0.3 is 84.6 Å². The zero-order valence-corrected chi connectivity index (χ0v) is 25.8. The number of aliphatic hydroxyl groups is 13. The van der Waals surface area contributed by atoms with E-state index in [9.17, 15) is 61.0 Å². The van der Waals surface area contributed by atoms with E-state index in [1.54, 1.807) is 0 Å². The number of fused-ring (bicyclic) bond motifs is 1. The van der Waals surface area contributed by atoms with Crippen LogP contribution in [0.15, 0.2) is 0 Å². The molecule has 18 nitrogen and oxygen atoms in total. The summed E-state index contributed by atoms with van der Waals surface area (Å²) < 4.78 is 33.5. The van der Waals surface area contributed by atoms with Gasteiger partial charge in [0.2, 0.25) is 0 Å².